The van der Waals surface area contributed by atoms with Gasteiger partial charge in [0.25, 0.3) is 0 Å². The van der Waals surface area contributed by atoms with Gasteiger partial charge >= 0.3 is 0 Å². The van der Waals surface area contributed by atoms with Crippen molar-refractivity contribution < 1.29 is 14.1 Å². The molecule has 2 rings (SSSR count). The van der Waals surface area contributed by atoms with Gasteiger partial charge < -0.3 is 19.9 Å². The molecule has 1 fully saturated rings. The van der Waals surface area contributed by atoms with Gasteiger partial charge in [-0.1, -0.05) is 24.4 Å². The molecule has 1 aliphatic carbocycles. The fourth-order valence-electron chi connectivity index (χ4n) is 2.65. The number of amides is 1. The van der Waals surface area contributed by atoms with E-state index in [0.717, 1.165) is 32.1 Å². The molecule has 0 aromatic carbocycles. The first-order valence-corrected chi connectivity index (χ1v) is 7.36. The van der Waals surface area contributed by atoms with E-state index < -0.39 is 5.54 Å². The van der Waals surface area contributed by atoms with Gasteiger partial charge in [0, 0.05) is 14.2 Å². The summed E-state index contributed by atoms with van der Waals surface area (Å²) in [6, 6.07) is 0. The molecule has 1 aromatic rings. The molecule has 1 heterocycles. The first-order chi connectivity index (χ1) is 9.96. The van der Waals surface area contributed by atoms with E-state index in [1.165, 1.54) is 0 Å². The third kappa shape index (κ3) is 4.18. The second-order valence-corrected chi connectivity index (χ2v) is 5.80. The third-order valence-corrected chi connectivity index (χ3v) is 4.09. The number of hydrogen-bond donors (Lipinski definition) is 1. The highest BCUT2D eigenvalue weighted by Gasteiger charge is 2.37. The molecule has 22 heavy (non-hydrogen) atoms. The van der Waals surface area contributed by atoms with E-state index in [-0.39, 0.29) is 31.0 Å². The van der Waals surface area contributed by atoms with Crippen molar-refractivity contribution in [3.63, 3.8) is 0 Å². The first-order valence-electron chi connectivity index (χ1n) is 7.36. The lowest BCUT2D eigenvalue weighted by Crippen LogP contribution is -2.55. The summed E-state index contributed by atoms with van der Waals surface area (Å²) in [7, 11) is 3.30. The van der Waals surface area contributed by atoms with Crippen LogP contribution in [-0.4, -0.2) is 40.6 Å². The Morgan fingerprint density at radius 2 is 2.09 bits per heavy atom. The number of carbonyl (C=O) groups excluding carboxylic acids is 1. The molecule has 2 N–H and O–H groups in total. The number of aromatic nitrogens is 2. The summed E-state index contributed by atoms with van der Waals surface area (Å²) in [6.07, 6.45) is 4.41. The Labute approximate surface area is 137 Å². The third-order valence-electron chi connectivity index (χ3n) is 4.09. The second-order valence-electron chi connectivity index (χ2n) is 5.80. The van der Waals surface area contributed by atoms with Gasteiger partial charge in [0.2, 0.25) is 11.8 Å². The molecule has 1 unspecified atom stereocenters. The molecular formula is C14H25ClN4O3. The molecule has 1 aromatic heterocycles. The summed E-state index contributed by atoms with van der Waals surface area (Å²) in [6.45, 7) is 2.10. The van der Waals surface area contributed by atoms with Gasteiger partial charge in [-0.3, -0.25) is 4.79 Å². The highest BCUT2D eigenvalue weighted by molar-refractivity contribution is 5.86. The van der Waals surface area contributed by atoms with Gasteiger partial charge in [0.05, 0.1) is 12.1 Å². The average Bonchev–Trinajstić information content (AvgIpc) is 2.94. The van der Waals surface area contributed by atoms with Crippen LogP contribution in [0.3, 0.4) is 0 Å². The number of nitrogens with zero attached hydrogens (tertiary/aromatic N) is 3. The number of halogens is 1. The SMILES string of the molecule is COC(C)c1noc(CN(C)C(=O)C2(N)CCCCC2)n1.Cl. The fourth-order valence-corrected chi connectivity index (χ4v) is 2.65. The lowest BCUT2D eigenvalue weighted by atomic mass is 9.81. The number of ether oxygens (including phenoxy) is 1. The first kappa shape index (κ1) is 18.9. The Hall–Kier alpha value is -1.18. The summed E-state index contributed by atoms with van der Waals surface area (Å²) >= 11 is 0. The van der Waals surface area contributed by atoms with E-state index in [2.05, 4.69) is 10.1 Å². The maximum absolute atomic E-state index is 12.5. The molecule has 8 heteroatoms. The normalized spacial score (nSPS) is 18.4. The summed E-state index contributed by atoms with van der Waals surface area (Å²) in [5.74, 6) is 0.819. The van der Waals surface area contributed by atoms with Gasteiger partial charge in [-0.2, -0.15) is 4.98 Å². The minimum absolute atomic E-state index is 0. The molecule has 0 bridgehead atoms. The quantitative estimate of drug-likeness (QED) is 0.883. The number of methoxy groups -OCH3 is 1. The van der Waals surface area contributed by atoms with Gasteiger partial charge in [-0.15, -0.1) is 12.4 Å². The van der Waals surface area contributed by atoms with Crippen molar-refractivity contribution in [2.75, 3.05) is 14.2 Å². The molecule has 1 aliphatic rings. The van der Waals surface area contributed by atoms with E-state index in [9.17, 15) is 4.79 Å². The van der Waals surface area contributed by atoms with Crippen molar-refractivity contribution in [3.05, 3.63) is 11.7 Å². The number of nitrogens with two attached hydrogens (primary N) is 1. The topological polar surface area (TPSA) is 94.5 Å². The molecule has 1 saturated carbocycles. The van der Waals surface area contributed by atoms with Crippen molar-refractivity contribution >= 4 is 18.3 Å². The minimum Gasteiger partial charge on any atom is -0.374 e. The monoisotopic (exact) mass is 332 g/mol. The van der Waals surface area contributed by atoms with Crippen molar-refractivity contribution in [1.29, 1.82) is 0 Å². The van der Waals surface area contributed by atoms with E-state index in [1.807, 2.05) is 6.92 Å². The van der Waals surface area contributed by atoms with E-state index in [1.54, 1.807) is 19.1 Å². The molecule has 126 valence electrons. The Kier molecular flexibility index (Phi) is 6.77. The number of likely N-dealkylation sites (N-methyl/N-ethyl adjacent to an activating group) is 1. The molecule has 0 saturated heterocycles. The van der Waals surface area contributed by atoms with E-state index >= 15 is 0 Å². The number of carbonyl (C=O) groups is 1. The van der Waals surface area contributed by atoms with E-state index in [4.69, 9.17) is 15.0 Å². The Morgan fingerprint density at radius 1 is 1.45 bits per heavy atom. The van der Waals surface area contributed by atoms with Crippen molar-refractivity contribution in [1.82, 2.24) is 15.0 Å². The fraction of sp³-hybridized carbons (Fsp3) is 0.786. The van der Waals surface area contributed by atoms with Crippen molar-refractivity contribution in [3.8, 4) is 0 Å². The van der Waals surface area contributed by atoms with Gasteiger partial charge in [0.15, 0.2) is 5.82 Å². The van der Waals surface area contributed by atoms with Crippen LogP contribution >= 0.6 is 12.4 Å². The lowest BCUT2D eigenvalue weighted by Gasteiger charge is -2.34. The van der Waals surface area contributed by atoms with Crippen LogP contribution in [0.1, 0.15) is 56.8 Å². The number of rotatable bonds is 5. The van der Waals surface area contributed by atoms with Gasteiger partial charge in [0.1, 0.15) is 6.10 Å². The van der Waals surface area contributed by atoms with Crippen LogP contribution in [-0.2, 0) is 16.1 Å². The summed E-state index contributed by atoms with van der Waals surface area (Å²) in [5, 5.41) is 3.85. The zero-order chi connectivity index (χ0) is 15.5. The van der Waals surface area contributed by atoms with Crippen molar-refractivity contribution in [2.45, 2.75) is 57.2 Å². The van der Waals surface area contributed by atoms with Crippen LogP contribution in [0.5, 0.6) is 0 Å². The summed E-state index contributed by atoms with van der Waals surface area (Å²) in [5.41, 5.74) is 5.51. The average molecular weight is 333 g/mol. The molecule has 0 aliphatic heterocycles. The Morgan fingerprint density at radius 3 is 2.68 bits per heavy atom. The highest BCUT2D eigenvalue weighted by atomic mass is 35.5. The molecule has 1 atom stereocenters. The van der Waals surface area contributed by atoms with Crippen LogP contribution in [0.15, 0.2) is 4.52 Å². The Balaban J connectivity index is 0.00000242. The predicted molar refractivity (Wildman–Crippen MR) is 83.4 cm³/mol. The molecule has 0 spiro atoms. The van der Waals surface area contributed by atoms with Crippen molar-refractivity contribution in [2.24, 2.45) is 5.73 Å². The van der Waals surface area contributed by atoms with Gasteiger partial charge in [-0.25, -0.2) is 0 Å². The largest absolute Gasteiger partial charge is 0.374 e. The van der Waals surface area contributed by atoms with Crippen LogP contribution < -0.4 is 5.73 Å². The molecule has 1 amide bonds. The van der Waals surface area contributed by atoms with Crippen LogP contribution in [0, 0.1) is 0 Å². The zero-order valence-electron chi connectivity index (χ0n) is 13.4. The predicted octanol–water partition coefficient (Wildman–Crippen LogP) is 1.82. The van der Waals surface area contributed by atoms with Crippen LogP contribution in [0.25, 0.3) is 0 Å². The highest BCUT2D eigenvalue weighted by Crippen LogP contribution is 2.27. The maximum Gasteiger partial charge on any atom is 0.246 e. The number of hydrogen-bond acceptors (Lipinski definition) is 6. The molecular weight excluding hydrogens is 308 g/mol. The lowest BCUT2D eigenvalue weighted by molar-refractivity contribution is -0.137. The van der Waals surface area contributed by atoms with Crippen LogP contribution in [0.4, 0.5) is 0 Å². The smallest absolute Gasteiger partial charge is 0.246 e. The standard InChI is InChI=1S/C14H24N4O3.ClH/c1-10(20-3)12-16-11(21-17-12)9-18(2)13(19)14(15)7-5-4-6-8-14;/h10H,4-9,15H2,1-3H3;1H. The molecule has 7 nitrogen and oxygen atoms in total. The second kappa shape index (κ2) is 7.89. The summed E-state index contributed by atoms with van der Waals surface area (Å²) in [4.78, 5) is 18.3. The minimum atomic E-state index is -0.740. The zero-order valence-corrected chi connectivity index (χ0v) is 14.2. The Bertz CT molecular complexity index is 488. The molecule has 0 radical (unpaired) electrons. The van der Waals surface area contributed by atoms with Crippen LogP contribution in [0.2, 0.25) is 0 Å². The maximum atomic E-state index is 12.5. The van der Waals surface area contributed by atoms with Gasteiger partial charge in [-0.05, 0) is 19.8 Å². The van der Waals surface area contributed by atoms with E-state index in [0.29, 0.717) is 11.7 Å². The summed E-state index contributed by atoms with van der Waals surface area (Å²) < 4.78 is 10.3.